The lowest BCUT2D eigenvalue weighted by molar-refractivity contribution is 0.0773. The Labute approximate surface area is 126 Å². The summed E-state index contributed by atoms with van der Waals surface area (Å²) in [5, 5.41) is 0. The number of nitrogens with zero attached hydrogens (tertiary/aromatic N) is 1. The predicted octanol–water partition coefficient (Wildman–Crippen LogP) is 1.93. The van der Waals surface area contributed by atoms with Crippen LogP contribution in [0.4, 0.5) is 5.69 Å². The first-order valence-corrected chi connectivity index (χ1v) is 9.02. The van der Waals surface area contributed by atoms with Crippen molar-refractivity contribution in [2.24, 2.45) is 5.92 Å². The van der Waals surface area contributed by atoms with Crippen LogP contribution in [0.25, 0.3) is 0 Å². The van der Waals surface area contributed by atoms with Gasteiger partial charge in [-0.2, -0.15) is 0 Å². The Morgan fingerprint density at radius 3 is 2.48 bits per heavy atom. The third-order valence-corrected chi connectivity index (χ3v) is 5.05. The van der Waals surface area contributed by atoms with Gasteiger partial charge in [0, 0.05) is 31.1 Å². The summed E-state index contributed by atoms with van der Waals surface area (Å²) in [5.41, 5.74) is 6.34. The zero-order valence-corrected chi connectivity index (χ0v) is 13.3. The average molecular weight is 310 g/mol. The maximum absolute atomic E-state index is 12.4. The normalized spacial score (nSPS) is 16.1. The van der Waals surface area contributed by atoms with E-state index in [1.165, 1.54) is 31.0 Å². The Kier molecular flexibility index (Phi) is 4.56. The third-order valence-electron chi connectivity index (χ3n) is 3.96. The van der Waals surface area contributed by atoms with E-state index in [4.69, 9.17) is 5.73 Å². The number of carbonyl (C=O) groups is 1. The number of hydrogen-bond acceptors (Lipinski definition) is 4. The average Bonchev–Trinajstić information content (AvgIpc) is 2.88. The molecule has 6 heteroatoms. The van der Waals surface area contributed by atoms with Crippen molar-refractivity contribution in [1.29, 1.82) is 0 Å². The molecule has 0 aliphatic heterocycles. The molecule has 0 bridgehead atoms. The van der Waals surface area contributed by atoms with Crippen LogP contribution in [-0.2, 0) is 9.84 Å². The van der Waals surface area contributed by atoms with Gasteiger partial charge in [0.1, 0.15) is 0 Å². The zero-order valence-electron chi connectivity index (χ0n) is 12.5. The van der Waals surface area contributed by atoms with Crippen molar-refractivity contribution in [3.8, 4) is 0 Å². The van der Waals surface area contributed by atoms with Crippen molar-refractivity contribution in [2.45, 2.75) is 30.6 Å². The van der Waals surface area contributed by atoms with Crippen molar-refractivity contribution >= 4 is 21.4 Å². The molecule has 5 nitrogen and oxygen atoms in total. The second kappa shape index (κ2) is 6.05. The van der Waals surface area contributed by atoms with E-state index in [0.717, 1.165) is 19.1 Å². The lowest BCUT2D eigenvalue weighted by atomic mass is 10.1. The molecule has 1 amide bonds. The standard InChI is InChI=1S/C15H22N2O3S/c1-17(10-11-5-3-4-6-11)15(18)12-7-13(16)9-14(8-12)21(2,19)20/h7-9,11H,3-6,10,16H2,1-2H3. The van der Waals surface area contributed by atoms with Crippen LogP contribution in [0, 0.1) is 5.92 Å². The highest BCUT2D eigenvalue weighted by Gasteiger charge is 2.21. The SMILES string of the molecule is CN(CC1CCCC1)C(=O)c1cc(N)cc(S(C)(=O)=O)c1. The van der Waals surface area contributed by atoms with Crippen molar-refractivity contribution in [1.82, 2.24) is 4.90 Å². The summed E-state index contributed by atoms with van der Waals surface area (Å²) in [7, 11) is -1.63. The summed E-state index contributed by atoms with van der Waals surface area (Å²) in [6.07, 6.45) is 5.87. The molecule has 0 radical (unpaired) electrons. The van der Waals surface area contributed by atoms with E-state index in [-0.39, 0.29) is 16.5 Å². The predicted molar refractivity (Wildman–Crippen MR) is 82.9 cm³/mol. The van der Waals surface area contributed by atoms with Crippen LogP contribution in [0.3, 0.4) is 0 Å². The minimum Gasteiger partial charge on any atom is -0.399 e. The van der Waals surface area contributed by atoms with E-state index in [0.29, 0.717) is 18.0 Å². The van der Waals surface area contributed by atoms with Gasteiger partial charge in [0.2, 0.25) is 0 Å². The molecule has 21 heavy (non-hydrogen) atoms. The summed E-state index contributed by atoms with van der Waals surface area (Å²) in [6.45, 7) is 0.710. The molecule has 2 N–H and O–H groups in total. The van der Waals surface area contributed by atoms with Gasteiger partial charge in [-0.05, 0) is 37.0 Å². The molecule has 0 spiro atoms. The van der Waals surface area contributed by atoms with Gasteiger partial charge in [-0.25, -0.2) is 8.42 Å². The van der Waals surface area contributed by atoms with Crippen molar-refractivity contribution < 1.29 is 13.2 Å². The highest BCUT2D eigenvalue weighted by atomic mass is 32.2. The molecular formula is C15H22N2O3S. The number of benzene rings is 1. The molecule has 0 saturated heterocycles. The summed E-state index contributed by atoms with van der Waals surface area (Å²) >= 11 is 0. The largest absolute Gasteiger partial charge is 0.399 e. The minimum absolute atomic E-state index is 0.0834. The molecule has 0 heterocycles. The summed E-state index contributed by atoms with van der Waals surface area (Å²) in [4.78, 5) is 14.2. The number of anilines is 1. The smallest absolute Gasteiger partial charge is 0.253 e. The molecular weight excluding hydrogens is 288 g/mol. The first-order chi connectivity index (χ1) is 9.77. The summed E-state index contributed by atoms with van der Waals surface area (Å²) < 4.78 is 23.3. The lowest BCUT2D eigenvalue weighted by Crippen LogP contribution is -2.31. The van der Waals surface area contributed by atoms with Gasteiger partial charge in [0.05, 0.1) is 4.90 Å². The summed E-state index contributed by atoms with van der Waals surface area (Å²) in [5.74, 6) is 0.369. The molecule has 1 aromatic rings. The van der Waals surface area contributed by atoms with E-state index in [1.54, 1.807) is 11.9 Å². The number of rotatable bonds is 4. The fraction of sp³-hybridized carbons (Fsp3) is 0.533. The Balaban J connectivity index is 2.20. The number of carbonyl (C=O) groups excluding carboxylic acids is 1. The van der Waals surface area contributed by atoms with Crippen molar-refractivity contribution in [3.05, 3.63) is 23.8 Å². The van der Waals surface area contributed by atoms with Crippen LogP contribution in [-0.4, -0.2) is 39.1 Å². The quantitative estimate of drug-likeness (QED) is 0.862. The monoisotopic (exact) mass is 310 g/mol. The first-order valence-electron chi connectivity index (χ1n) is 7.13. The van der Waals surface area contributed by atoms with Crippen molar-refractivity contribution in [2.75, 3.05) is 25.6 Å². The van der Waals surface area contributed by atoms with Crippen LogP contribution >= 0.6 is 0 Å². The number of nitrogens with two attached hydrogens (primary N) is 1. The molecule has 0 aromatic heterocycles. The molecule has 1 aromatic carbocycles. The molecule has 1 fully saturated rings. The second-order valence-electron chi connectivity index (χ2n) is 5.90. The number of sulfone groups is 1. The van der Waals surface area contributed by atoms with Gasteiger partial charge < -0.3 is 10.6 Å². The fourth-order valence-corrected chi connectivity index (χ4v) is 3.53. The van der Waals surface area contributed by atoms with E-state index >= 15 is 0 Å². The topological polar surface area (TPSA) is 80.5 Å². The highest BCUT2D eigenvalue weighted by molar-refractivity contribution is 7.90. The third kappa shape index (κ3) is 3.97. The molecule has 1 saturated carbocycles. The summed E-state index contributed by atoms with van der Waals surface area (Å²) in [6, 6.07) is 4.31. The van der Waals surface area contributed by atoms with Gasteiger partial charge in [0.25, 0.3) is 5.91 Å². The van der Waals surface area contributed by atoms with Gasteiger partial charge in [-0.1, -0.05) is 12.8 Å². The second-order valence-corrected chi connectivity index (χ2v) is 7.91. The Hall–Kier alpha value is -1.56. The van der Waals surface area contributed by atoms with E-state index in [9.17, 15) is 13.2 Å². The molecule has 1 aliphatic carbocycles. The van der Waals surface area contributed by atoms with Crippen LogP contribution in [0.15, 0.2) is 23.1 Å². The van der Waals surface area contributed by atoms with Crippen molar-refractivity contribution in [3.63, 3.8) is 0 Å². The molecule has 116 valence electrons. The lowest BCUT2D eigenvalue weighted by Gasteiger charge is -2.21. The maximum atomic E-state index is 12.4. The Morgan fingerprint density at radius 1 is 1.29 bits per heavy atom. The number of hydrogen-bond donors (Lipinski definition) is 1. The fourth-order valence-electron chi connectivity index (χ4n) is 2.84. The van der Waals surface area contributed by atoms with Crippen LogP contribution in [0.5, 0.6) is 0 Å². The van der Waals surface area contributed by atoms with Gasteiger partial charge in [-0.3, -0.25) is 4.79 Å². The van der Waals surface area contributed by atoms with E-state index < -0.39 is 9.84 Å². The molecule has 0 unspecified atom stereocenters. The zero-order chi connectivity index (χ0) is 15.6. The number of amides is 1. The molecule has 0 atom stereocenters. The first kappa shape index (κ1) is 15.8. The Morgan fingerprint density at radius 2 is 1.90 bits per heavy atom. The maximum Gasteiger partial charge on any atom is 0.253 e. The molecule has 2 rings (SSSR count). The minimum atomic E-state index is -3.38. The van der Waals surface area contributed by atoms with Crippen LogP contribution < -0.4 is 5.73 Å². The van der Waals surface area contributed by atoms with Gasteiger partial charge >= 0.3 is 0 Å². The van der Waals surface area contributed by atoms with Gasteiger partial charge in [0.15, 0.2) is 9.84 Å². The highest BCUT2D eigenvalue weighted by Crippen LogP contribution is 2.26. The van der Waals surface area contributed by atoms with E-state index in [2.05, 4.69) is 0 Å². The number of nitrogen functional groups attached to an aromatic ring is 1. The van der Waals surface area contributed by atoms with Crippen LogP contribution in [0.1, 0.15) is 36.0 Å². The van der Waals surface area contributed by atoms with E-state index in [1.807, 2.05) is 0 Å². The molecule has 1 aliphatic rings. The van der Waals surface area contributed by atoms with Crippen LogP contribution in [0.2, 0.25) is 0 Å². The Bertz CT molecular complexity index is 634. The van der Waals surface area contributed by atoms with Gasteiger partial charge in [-0.15, -0.1) is 0 Å².